The Hall–Kier alpha value is -0.960. The van der Waals surface area contributed by atoms with Gasteiger partial charge < -0.3 is 4.90 Å². The van der Waals surface area contributed by atoms with Crippen LogP contribution >= 0.6 is 11.8 Å². The topological polar surface area (TPSA) is 20.3 Å². The van der Waals surface area contributed by atoms with Crippen molar-refractivity contribution in [2.45, 2.75) is 25.6 Å². The van der Waals surface area contributed by atoms with Crippen LogP contribution < -0.4 is 0 Å². The third kappa shape index (κ3) is 2.24. The summed E-state index contributed by atoms with van der Waals surface area (Å²) in [6.07, 6.45) is 1.02. The fourth-order valence-corrected chi connectivity index (χ4v) is 2.93. The van der Waals surface area contributed by atoms with Crippen molar-refractivity contribution in [1.82, 2.24) is 4.90 Å². The molecule has 1 atom stereocenters. The molecule has 3 heteroatoms. The van der Waals surface area contributed by atoms with E-state index in [0.29, 0.717) is 5.37 Å². The number of carbonyl (C=O) groups is 1. The maximum atomic E-state index is 12.2. The van der Waals surface area contributed by atoms with E-state index in [0.717, 1.165) is 24.3 Å². The van der Waals surface area contributed by atoms with E-state index in [1.807, 2.05) is 40.9 Å². The predicted octanol–water partition coefficient (Wildman–Crippen LogP) is 2.78. The molecule has 0 radical (unpaired) electrons. The number of nitrogens with zero attached hydrogens (tertiary/aromatic N) is 1. The number of thioether (sulfide) groups is 1. The van der Waals surface area contributed by atoms with Gasteiger partial charge in [0.05, 0.1) is 5.37 Å². The Morgan fingerprint density at radius 3 is 2.62 bits per heavy atom. The molecule has 2 nitrogen and oxygen atoms in total. The van der Waals surface area contributed by atoms with Crippen LogP contribution in [0, 0.1) is 0 Å². The second-order valence-corrected chi connectivity index (χ2v) is 5.44. The highest BCUT2D eigenvalue weighted by molar-refractivity contribution is 8.00. The van der Waals surface area contributed by atoms with Crippen LogP contribution in [0.25, 0.3) is 0 Å². The monoisotopic (exact) mass is 235 g/mol. The highest BCUT2D eigenvalue weighted by atomic mass is 32.2. The van der Waals surface area contributed by atoms with Crippen LogP contribution in [-0.2, 0) is 6.42 Å². The Bertz CT molecular complexity index is 374. The molecule has 86 valence electrons. The van der Waals surface area contributed by atoms with Gasteiger partial charge in [-0.1, -0.05) is 19.1 Å². The molecule has 1 aliphatic rings. The van der Waals surface area contributed by atoms with Gasteiger partial charge in [-0.15, -0.1) is 11.8 Å². The Balaban J connectivity index is 2.14. The second-order valence-electron chi connectivity index (χ2n) is 4.02. The zero-order valence-electron chi connectivity index (χ0n) is 9.77. The quantitative estimate of drug-likeness (QED) is 0.785. The predicted molar refractivity (Wildman–Crippen MR) is 68.8 cm³/mol. The van der Waals surface area contributed by atoms with Crippen molar-refractivity contribution in [3.05, 3.63) is 35.4 Å². The van der Waals surface area contributed by atoms with Gasteiger partial charge >= 0.3 is 0 Å². The molecule has 0 aliphatic carbocycles. The summed E-state index contributed by atoms with van der Waals surface area (Å²) in [5, 5.41) is 0.318. The van der Waals surface area contributed by atoms with Crippen LogP contribution in [0.5, 0.6) is 0 Å². The molecule has 1 amide bonds. The van der Waals surface area contributed by atoms with Gasteiger partial charge in [0.15, 0.2) is 0 Å². The van der Waals surface area contributed by atoms with Crippen molar-refractivity contribution >= 4 is 17.7 Å². The van der Waals surface area contributed by atoms with E-state index in [1.165, 1.54) is 5.56 Å². The third-order valence-corrected chi connectivity index (χ3v) is 4.16. The summed E-state index contributed by atoms with van der Waals surface area (Å²) < 4.78 is 0. The number of hydrogen-bond acceptors (Lipinski definition) is 2. The van der Waals surface area contributed by atoms with Gasteiger partial charge in [-0.05, 0) is 31.0 Å². The maximum Gasteiger partial charge on any atom is 0.254 e. The van der Waals surface area contributed by atoms with Crippen LogP contribution in [0.4, 0.5) is 0 Å². The van der Waals surface area contributed by atoms with Crippen LogP contribution in [0.1, 0.15) is 29.8 Å². The highest BCUT2D eigenvalue weighted by Crippen LogP contribution is 2.24. The summed E-state index contributed by atoms with van der Waals surface area (Å²) in [4.78, 5) is 14.1. The average molecular weight is 235 g/mol. The molecule has 1 unspecified atom stereocenters. The van der Waals surface area contributed by atoms with Crippen molar-refractivity contribution in [2.24, 2.45) is 0 Å². The fourth-order valence-electron chi connectivity index (χ4n) is 1.91. The van der Waals surface area contributed by atoms with Crippen molar-refractivity contribution < 1.29 is 4.79 Å². The second kappa shape index (κ2) is 4.91. The van der Waals surface area contributed by atoms with Gasteiger partial charge in [-0.2, -0.15) is 0 Å². The van der Waals surface area contributed by atoms with Gasteiger partial charge in [0.2, 0.25) is 0 Å². The molecular weight excluding hydrogens is 218 g/mol. The summed E-state index contributed by atoms with van der Waals surface area (Å²) in [7, 11) is 0. The average Bonchev–Trinajstić information content (AvgIpc) is 2.75. The molecule has 0 bridgehead atoms. The minimum Gasteiger partial charge on any atom is -0.326 e. The smallest absolute Gasteiger partial charge is 0.254 e. The molecule has 0 aromatic heterocycles. The molecule has 1 fully saturated rings. The molecular formula is C13H17NOS. The first-order valence-electron chi connectivity index (χ1n) is 5.74. The highest BCUT2D eigenvalue weighted by Gasteiger charge is 2.26. The molecule has 0 saturated carbocycles. The van der Waals surface area contributed by atoms with Crippen molar-refractivity contribution in [2.75, 3.05) is 12.3 Å². The lowest BCUT2D eigenvalue weighted by atomic mass is 10.1. The molecule has 1 saturated heterocycles. The minimum absolute atomic E-state index is 0.167. The standard InChI is InChI=1S/C13H17NOS/c1-3-11-4-6-12(7-5-11)13(15)14-8-9-16-10(14)2/h4-7,10H,3,8-9H2,1-2H3. The van der Waals surface area contributed by atoms with Crippen LogP contribution in [-0.4, -0.2) is 28.5 Å². The number of rotatable bonds is 2. The first-order valence-corrected chi connectivity index (χ1v) is 6.78. The molecule has 0 spiro atoms. The van der Waals surface area contributed by atoms with E-state index in [4.69, 9.17) is 0 Å². The van der Waals surface area contributed by atoms with E-state index >= 15 is 0 Å². The molecule has 2 rings (SSSR count). The number of hydrogen-bond donors (Lipinski definition) is 0. The van der Waals surface area contributed by atoms with Crippen LogP contribution in [0.15, 0.2) is 24.3 Å². The van der Waals surface area contributed by atoms with Crippen molar-refractivity contribution in [3.8, 4) is 0 Å². The van der Waals surface area contributed by atoms with E-state index in [1.54, 1.807) is 0 Å². The normalized spacial score (nSPS) is 20.1. The Kier molecular flexibility index (Phi) is 3.54. The van der Waals surface area contributed by atoms with Crippen LogP contribution in [0.2, 0.25) is 0 Å². The SMILES string of the molecule is CCc1ccc(C(=O)N2CCSC2C)cc1. The third-order valence-electron chi connectivity index (χ3n) is 3.00. The zero-order chi connectivity index (χ0) is 11.5. The number of benzene rings is 1. The van der Waals surface area contributed by atoms with Crippen molar-refractivity contribution in [1.29, 1.82) is 0 Å². The summed E-state index contributed by atoms with van der Waals surface area (Å²) in [6.45, 7) is 5.09. The van der Waals surface area contributed by atoms with E-state index in [-0.39, 0.29) is 5.91 Å². The number of amides is 1. The van der Waals surface area contributed by atoms with Gasteiger partial charge in [0.25, 0.3) is 5.91 Å². The largest absolute Gasteiger partial charge is 0.326 e. The molecule has 0 N–H and O–H groups in total. The molecule has 16 heavy (non-hydrogen) atoms. The molecule has 1 aromatic carbocycles. The van der Waals surface area contributed by atoms with Crippen LogP contribution in [0.3, 0.4) is 0 Å². The van der Waals surface area contributed by atoms with E-state index in [9.17, 15) is 4.79 Å². The Morgan fingerprint density at radius 2 is 2.12 bits per heavy atom. The first-order chi connectivity index (χ1) is 7.72. The van der Waals surface area contributed by atoms with Gasteiger partial charge in [0.1, 0.15) is 0 Å². The maximum absolute atomic E-state index is 12.2. The first kappa shape index (κ1) is 11.5. The van der Waals surface area contributed by atoms with Gasteiger partial charge in [-0.3, -0.25) is 4.79 Å². The molecule has 1 aliphatic heterocycles. The Morgan fingerprint density at radius 1 is 1.44 bits per heavy atom. The lowest BCUT2D eigenvalue weighted by Crippen LogP contribution is -2.33. The summed E-state index contributed by atoms with van der Waals surface area (Å²) >= 11 is 1.84. The minimum atomic E-state index is 0.167. The number of aryl methyl sites for hydroxylation is 1. The molecule has 1 aromatic rings. The number of carbonyl (C=O) groups excluding carboxylic acids is 1. The van der Waals surface area contributed by atoms with Gasteiger partial charge in [-0.25, -0.2) is 0 Å². The summed E-state index contributed by atoms with van der Waals surface area (Å²) in [5.41, 5.74) is 2.09. The summed E-state index contributed by atoms with van der Waals surface area (Å²) in [6, 6.07) is 7.97. The van der Waals surface area contributed by atoms with E-state index < -0.39 is 0 Å². The molecule has 1 heterocycles. The van der Waals surface area contributed by atoms with Crippen molar-refractivity contribution in [3.63, 3.8) is 0 Å². The fraction of sp³-hybridized carbons (Fsp3) is 0.462. The van der Waals surface area contributed by atoms with Gasteiger partial charge in [0, 0.05) is 17.9 Å². The summed E-state index contributed by atoms with van der Waals surface area (Å²) in [5.74, 6) is 1.22. The lowest BCUT2D eigenvalue weighted by molar-refractivity contribution is 0.0768. The van der Waals surface area contributed by atoms with E-state index in [2.05, 4.69) is 13.8 Å². The Labute approximate surface area is 101 Å². The lowest BCUT2D eigenvalue weighted by Gasteiger charge is -2.20. The zero-order valence-corrected chi connectivity index (χ0v) is 10.6.